The van der Waals surface area contributed by atoms with Crippen LogP contribution in [0, 0.1) is 23.8 Å². The van der Waals surface area contributed by atoms with E-state index in [2.05, 4.69) is 243 Å². The van der Waals surface area contributed by atoms with Gasteiger partial charge in [0.2, 0.25) is 0 Å². The van der Waals surface area contributed by atoms with Gasteiger partial charge in [0, 0.05) is 73.3 Å². The molecule has 0 bridgehead atoms. The van der Waals surface area contributed by atoms with Gasteiger partial charge in [-0.15, -0.1) is 0 Å². The number of hydrogen-bond donors (Lipinski definition) is 3. The minimum atomic E-state index is -1.80. The summed E-state index contributed by atoms with van der Waals surface area (Å²) >= 11 is 34.5. The van der Waals surface area contributed by atoms with Crippen LogP contribution < -0.4 is 5.46 Å². The van der Waals surface area contributed by atoms with Crippen molar-refractivity contribution >= 4 is 212 Å². The second-order valence-electron chi connectivity index (χ2n) is 25.9. The Balaban J connectivity index is 0.000000110. The van der Waals surface area contributed by atoms with Crippen molar-refractivity contribution in [2.24, 2.45) is 0 Å². The first-order chi connectivity index (χ1) is 54.0. The monoisotopic (exact) mass is 1770 g/mol. The number of H-pyrrole nitrogens is 1. The average molecular weight is 1770 g/mol. The Morgan fingerprint density at radius 2 is 0.793 bits per heavy atom. The summed E-state index contributed by atoms with van der Waals surface area (Å²) in [4.78, 5) is 24.4. The van der Waals surface area contributed by atoms with Crippen LogP contribution in [0.2, 0.25) is 20.1 Å². The van der Waals surface area contributed by atoms with E-state index < -0.39 is 12.0 Å². The van der Waals surface area contributed by atoms with E-state index >= 15 is 0 Å². The molecule has 15 aromatic carbocycles. The number of nitro benzene ring substituents is 2. The summed E-state index contributed by atoms with van der Waals surface area (Å²) in [6, 6.07) is 109. The summed E-state index contributed by atoms with van der Waals surface area (Å²) < 4.78 is 9.96. The molecule has 0 unspecified atom stereocenters. The van der Waals surface area contributed by atoms with Gasteiger partial charge >= 0.3 is 7.12 Å². The number of aromatic nitrogens is 4. The first kappa shape index (κ1) is 75.5. The number of benzene rings is 15. The van der Waals surface area contributed by atoms with E-state index in [0.29, 0.717) is 10.6 Å². The van der Waals surface area contributed by atoms with Gasteiger partial charge < -0.3 is 28.7 Å². The lowest BCUT2D eigenvalue weighted by molar-refractivity contribution is -0.384. The van der Waals surface area contributed by atoms with Crippen LogP contribution in [0.15, 0.2) is 343 Å². The molecule has 0 fully saturated rings. The molecule has 0 atom stereocenters. The minimum absolute atomic E-state index is 0.0949. The Morgan fingerprint density at radius 3 is 1.36 bits per heavy atom. The molecule has 4 heterocycles. The van der Waals surface area contributed by atoms with Gasteiger partial charge in [0.25, 0.3) is 11.4 Å². The maximum atomic E-state index is 11.5. The van der Waals surface area contributed by atoms with Crippen LogP contribution >= 0.6 is 101 Å². The van der Waals surface area contributed by atoms with Crippen LogP contribution in [0.4, 0.5) is 11.4 Å². The molecule has 4 aromatic heterocycles. The second kappa shape index (κ2) is 33.4. The normalized spacial score (nSPS) is 11.2. The highest BCUT2D eigenvalue weighted by atomic mass is 127. The molecule has 20 heteroatoms. The summed E-state index contributed by atoms with van der Waals surface area (Å²) in [6.07, 6.45) is 1.08. The summed E-state index contributed by atoms with van der Waals surface area (Å²) in [5.41, 5.74) is 18.7. The number of halogens is 7. The van der Waals surface area contributed by atoms with Crippen molar-refractivity contribution in [3.8, 4) is 39.3 Å². The summed E-state index contributed by atoms with van der Waals surface area (Å²) in [6.45, 7) is 0. The summed E-state index contributed by atoms with van der Waals surface area (Å²) in [5.74, 6) is 0. The summed E-state index contributed by atoms with van der Waals surface area (Å²) in [7, 11) is -1.80. The van der Waals surface area contributed by atoms with Gasteiger partial charge in [-0.3, -0.25) is 20.2 Å². The zero-order chi connectivity index (χ0) is 77.0. The first-order valence-electron chi connectivity index (χ1n) is 35.0. The van der Waals surface area contributed by atoms with Gasteiger partial charge in [0.1, 0.15) is 0 Å². The fourth-order valence-corrected chi connectivity index (χ4v) is 16.3. The maximum absolute atomic E-state index is 11.5. The molecule has 0 aliphatic heterocycles. The first-order valence-corrected chi connectivity index (χ1v) is 39.2. The van der Waals surface area contributed by atoms with Crippen LogP contribution in [0.25, 0.3) is 127 Å². The number of rotatable bonds is 7. The van der Waals surface area contributed by atoms with Crippen molar-refractivity contribution in [2.75, 3.05) is 0 Å². The molecular weight excluding hydrogens is 1710 g/mol. The Bertz CT molecular complexity index is 6760. The predicted octanol–water partition coefficient (Wildman–Crippen LogP) is 26.5. The highest BCUT2D eigenvalue weighted by Gasteiger charge is 2.24. The number of aromatic amines is 1. The number of hydrogen-bond acceptors (Lipinski definition) is 6. The third-order valence-electron chi connectivity index (χ3n) is 19.3. The van der Waals surface area contributed by atoms with E-state index in [9.17, 15) is 20.2 Å². The minimum Gasteiger partial charge on any atom is -0.423 e. The van der Waals surface area contributed by atoms with Gasteiger partial charge in [-0.2, -0.15) is 0 Å². The largest absolute Gasteiger partial charge is 0.495 e. The number of nitrogens with one attached hydrogen (secondary N) is 1. The van der Waals surface area contributed by atoms with Gasteiger partial charge in [0.15, 0.2) is 0 Å². The van der Waals surface area contributed by atoms with Crippen molar-refractivity contribution in [3.05, 3.63) is 398 Å². The standard InChI is InChI=1S/C24H15ClN2O2.C24H15ClN2.C18H11BrClN.C13H9Br.C6H6BNO4.C6H4ClI/c25-20-9-3-6-12-24(20)26-21-10-4-2-8-18(21)19-15-16(13-14-22(19)26)17-7-1-5-11-23(17)27(28)29;25-18-9-3-6-12-21(18)27-20-11-5-2-8-17(20)23-22(27)14-13-16-15-7-1-4-10-19(15)26-24(16)23;19-12-9-10-17-14(11-12)13-5-1-3-7-16(13)21(17)18-8-4-2-6-15(18)20;14-11-6-5-10-7-9-3-1-2-4-12(9)13(10)8-11;9-7(10)5-3-1-2-4-6(5)8(11)12;7-5-3-1-2-4-6(5)8/h1-15H;1-14,26H;1-11H;1-6,8H,7H2;1-4,9-10H;1-4H. The van der Waals surface area contributed by atoms with Gasteiger partial charge in [0.05, 0.1) is 96.6 Å². The second-order valence-corrected chi connectivity index (χ2v) is 30.5. The molecule has 12 nitrogen and oxygen atoms in total. The SMILES string of the molecule is Brc1ccc2c(c1)-c1ccccc1C2.Clc1ccccc1-n1c2ccccc2c2c3[nH]c4ccccc4c3ccc21.Clc1ccccc1-n1c2ccccc2c2cc(Br)ccc21.Clc1ccccc1I.O=[N+]([O-])c1ccccc1-c1ccc2c(c1)c1ccccc1n2-c1ccccc1Cl.O=[N+]([O-])c1ccccc1B(O)O. The van der Waals surface area contributed by atoms with Crippen molar-refractivity contribution < 1.29 is 19.9 Å². The fourth-order valence-electron chi connectivity index (χ4n) is 14.4. The van der Waals surface area contributed by atoms with E-state index in [1.54, 1.807) is 12.1 Å². The molecule has 111 heavy (non-hydrogen) atoms. The molecule has 3 N–H and O–H groups in total. The van der Waals surface area contributed by atoms with E-state index in [1.165, 1.54) is 95.9 Å². The molecule has 19 aromatic rings. The van der Waals surface area contributed by atoms with Crippen molar-refractivity contribution in [1.82, 2.24) is 18.7 Å². The lowest BCUT2D eigenvalue weighted by Gasteiger charge is -2.10. The number of nitro groups is 2. The fraction of sp³-hybridized carbons (Fsp3) is 0.0110. The van der Waals surface area contributed by atoms with Crippen LogP contribution in [-0.2, 0) is 6.42 Å². The predicted molar refractivity (Wildman–Crippen MR) is 476 cm³/mol. The van der Waals surface area contributed by atoms with Crippen molar-refractivity contribution in [2.45, 2.75) is 6.42 Å². The zero-order valence-electron chi connectivity index (χ0n) is 58.4. The molecule has 0 amide bonds. The topological polar surface area (TPSA) is 157 Å². The Hall–Kier alpha value is -10.9. The molecule has 1 aliphatic carbocycles. The van der Waals surface area contributed by atoms with E-state index in [4.69, 9.17) is 56.5 Å². The van der Waals surface area contributed by atoms with Crippen LogP contribution in [0.3, 0.4) is 0 Å². The molecule has 1 aliphatic rings. The molecule has 0 radical (unpaired) electrons. The van der Waals surface area contributed by atoms with E-state index in [1.807, 2.05) is 121 Å². The number of nitrogens with zero attached hydrogens (tertiary/aromatic N) is 5. The highest BCUT2D eigenvalue weighted by Crippen LogP contribution is 2.43. The smallest absolute Gasteiger partial charge is 0.423 e. The van der Waals surface area contributed by atoms with Crippen molar-refractivity contribution in [3.63, 3.8) is 0 Å². The van der Waals surface area contributed by atoms with Crippen LogP contribution in [0.5, 0.6) is 0 Å². The molecule has 542 valence electrons. The molecule has 20 rings (SSSR count). The maximum Gasteiger partial charge on any atom is 0.495 e. The Kier molecular flexibility index (Phi) is 22.7. The van der Waals surface area contributed by atoms with Crippen LogP contribution in [0.1, 0.15) is 11.1 Å². The van der Waals surface area contributed by atoms with E-state index in [0.717, 1.165) is 101 Å². The third kappa shape index (κ3) is 15.4. The number of fused-ring (bicyclic) bond motifs is 16. The van der Waals surface area contributed by atoms with E-state index in [-0.39, 0.29) is 21.8 Å². The zero-order valence-corrected chi connectivity index (χ0v) is 66.8. The van der Waals surface area contributed by atoms with Gasteiger partial charge in [-0.05, 0) is 184 Å². The van der Waals surface area contributed by atoms with Crippen molar-refractivity contribution in [1.29, 1.82) is 0 Å². The number of para-hydroxylation sites is 9. The lowest BCUT2D eigenvalue weighted by atomic mass is 9.79. The Morgan fingerprint density at radius 1 is 0.369 bits per heavy atom. The molecule has 0 saturated carbocycles. The molecular formula is C91H60BBr2Cl4IN6O6. The summed E-state index contributed by atoms with van der Waals surface area (Å²) in [5, 5.41) is 51.7. The quantitative estimate of drug-likeness (QED) is 0.0624. The molecule has 0 spiro atoms. The molecule has 0 saturated heterocycles. The van der Waals surface area contributed by atoms with Gasteiger partial charge in [-0.25, -0.2) is 0 Å². The Labute approximate surface area is 687 Å². The van der Waals surface area contributed by atoms with Gasteiger partial charge in [-0.1, -0.05) is 272 Å². The third-order valence-corrected chi connectivity index (χ3v) is 22.8. The average Bonchev–Trinajstić information content (AvgIpc) is 1.57. The highest BCUT2D eigenvalue weighted by molar-refractivity contribution is 14.1. The van der Waals surface area contributed by atoms with Crippen LogP contribution in [-0.4, -0.2) is 45.7 Å². The lowest BCUT2D eigenvalue weighted by Crippen LogP contribution is -2.31.